The number of nitrogens with zero attached hydrogens (tertiary/aromatic N) is 4. The number of anilines is 1. The normalized spacial score (nSPS) is 17.7. The Bertz CT molecular complexity index is 1250. The van der Waals surface area contributed by atoms with Crippen LogP contribution in [0.4, 0.5) is 5.69 Å². The molecule has 8 heteroatoms. The number of piperazine rings is 1. The Morgan fingerprint density at radius 2 is 1.82 bits per heavy atom. The maximum Gasteiger partial charge on any atom is 0.271 e. The molecule has 0 unspecified atom stereocenters. The van der Waals surface area contributed by atoms with Crippen LogP contribution in [0, 0.1) is 13.8 Å². The van der Waals surface area contributed by atoms with Crippen molar-refractivity contribution in [3.63, 3.8) is 0 Å². The molecule has 1 saturated carbocycles. The molecule has 174 valence electrons. The van der Waals surface area contributed by atoms with Gasteiger partial charge in [0.25, 0.3) is 11.5 Å². The van der Waals surface area contributed by atoms with Crippen LogP contribution in [-0.2, 0) is 0 Å². The highest BCUT2D eigenvalue weighted by atomic mass is 35.5. The molecule has 2 fully saturated rings. The number of hydrogen-bond acceptors (Lipinski definition) is 5. The summed E-state index contributed by atoms with van der Waals surface area (Å²) in [5.74, 6) is -0.0245. The van der Waals surface area contributed by atoms with Crippen molar-refractivity contribution < 1.29 is 4.79 Å². The first-order chi connectivity index (χ1) is 15.9. The fraction of sp³-hybridized carbons (Fsp3) is 0.480. The third-order valence-electron chi connectivity index (χ3n) is 7.06. The van der Waals surface area contributed by atoms with Crippen molar-refractivity contribution >= 4 is 44.7 Å². The molecule has 1 aromatic carbocycles. The van der Waals surface area contributed by atoms with Gasteiger partial charge in [0.05, 0.1) is 11.9 Å². The number of fused-ring (bicyclic) bond motifs is 1. The van der Waals surface area contributed by atoms with E-state index in [1.165, 1.54) is 23.3 Å². The van der Waals surface area contributed by atoms with Crippen molar-refractivity contribution in [2.45, 2.75) is 52.0 Å². The SMILES string of the molecule is Cc1ccc(Cl)cc1N1CCN(C(=O)c2c(C)sc3c(=O)n(C4CCCCC4)cnc23)CC1. The van der Waals surface area contributed by atoms with Crippen molar-refractivity contribution in [1.29, 1.82) is 0 Å². The van der Waals surface area contributed by atoms with E-state index in [9.17, 15) is 9.59 Å². The van der Waals surface area contributed by atoms with Crippen LogP contribution in [0.15, 0.2) is 29.3 Å². The van der Waals surface area contributed by atoms with Crippen molar-refractivity contribution in [3.05, 3.63) is 55.9 Å². The van der Waals surface area contributed by atoms with Gasteiger partial charge < -0.3 is 9.80 Å². The fourth-order valence-electron chi connectivity index (χ4n) is 5.19. The predicted molar refractivity (Wildman–Crippen MR) is 135 cm³/mol. The van der Waals surface area contributed by atoms with Crippen LogP contribution in [0.3, 0.4) is 0 Å². The molecular formula is C25H29ClN4O2S. The lowest BCUT2D eigenvalue weighted by Crippen LogP contribution is -2.49. The summed E-state index contributed by atoms with van der Waals surface area (Å²) in [7, 11) is 0. The molecule has 0 bridgehead atoms. The first-order valence-corrected chi connectivity index (χ1v) is 12.9. The van der Waals surface area contributed by atoms with Crippen LogP contribution < -0.4 is 10.5 Å². The van der Waals surface area contributed by atoms with E-state index in [-0.39, 0.29) is 17.5 Å². The number of carbonyl (C=O) groups is 1. The maximum absolute atomic E-state index is 13.5. The van der Waals surface area contributed by atoms with Crippen LogP contribution in [0.5, 0.6) is 0 Å². The van der Waals surface area contributed by atoms with Gasteiger partial charge in [-0.1, -0.05) is 36.9 Å². The largest absolute Gasteiger partial charge is 0.368 e. The van der Waals surface area contributed by atoms with Gasteiger partial charge in [0.15, 0.2) is 0 Å². The minimum absolute atomic E-state index is 0.000279. The van der Waals surface area contributed by atoms with E-state index >= 15 is 0 Å². The van der Waals surface area contributed by atoms with Gasteiger partial charge >= 0.3 is 0 Å². The fourth-order valence-corrected chi connectivity index (χ4v) is 6.40. The molecule has 5 rings (SSSR count). The lowest BCUT2D eigenvalue weighted by Gasteiger charge is -2.37. The summed E-state index contributed by atoms with van der Waals surface area (Å²) >= 11 is 7.61. The molecule has 2 aliphatic rings. The molecule has 6 nitrogen and oxygen atoms in total. The topological polar surface area (TPSA) is 58.4 Å². The highest BCUT2D eigenvalue weighted by Gasteiger charge is 2.28. The van der Waals surface area contributed by atoms with E-state index < -0.39 is 0 Å². The Labute approximate surface area is 202 Å². The zero-order valence-electron chi connectivity index (χ0n) is 19.1. The molecule has 1 aliphatic carbocycles. The minimum atomic E-state index is -0.0245. The summed E-state index contributed by atoms with van der Waals surface area (Å²) in [5, 5.41) is 0.722. The van der Waals surface area contributed by atoms with E-state index in [2.05, 4.69) is 16.8 Å². The zero-order valence-corrected chi connectivity index (χ0v) is 20.7. The molecule has 1 saturated heterocycles. The summed E-state index contributed by atoms with van der Waals surface area (Å²) in [6.07, 6.45) is 7.27. The van der Waals surface area contributed by atoms with Crippen LogP contribution in [0.25, 0.3) is 10.2 Å². The second-order valence-electron chi connectivity index (χ2n) is 9.17. The van der Waals surface area contributed by atoms with Gasteiger partial charge in [-0.25, -0.2) is 4.98 Å². The summed E-state index contributed by atoms with van der Waals surface area (Å²) in [6.45, 7) is 6.75. The number of carbonyl (C=O) groups excluding carboxylic acids is 1. The van der Waals surface area contributed by atoms with E-state index in [4.69, 9.17) is 11.6 Å². The summed E-state index contributed by atoms with van der Waals surface area (Å²) in [5.41, 5.74) is 3.46. The number of halogens is 1. The van der Waals surface area contributed by atoms with Crippen LogP contribution in [0.2, 0.25) is 5.02 Å². The molecule has 0 atom stereocenters. The molecule has 3 aromatic rings. The van der Waals surface area contributed by atoms with Crippen molar-refractivity contribution in [1.82, 2.24) is 14.5 Å². The van der Waals surface area contributed by atoms with Gasteiger partial charge in [-0.05, 0) is 44.4 Å². The van der Waals surface area contributed by atoms with Gasteiger partial charge in [-0.3, -0.25) is 14.2 Å². The second kappa shape index (κ2) is 9.11. The highest BCUT2D eigenvalue weighted by molar-refractivity contribution is 7.19. The van der Waals surface area contributed by atoms with E-state index in [1.807, 2.05) is 30.0 Å². The lowest BCUT2D eigenvalue weighted by molar-refractivity contribution is 0.0748. The zero-order chi connectivity index (χ0) is 23.1. The Morgan fingerprint density at radius 1 is 1.09 bits per heavy atom. The average molecular weight is 485 g/mol. The highest BCUT2D eigenvalue weighted by Crippen LogP contribution is 2.32. The molecule has 3 heterocycles. The molecular weight excluding hydrogens is 456 g/mol. The van der Waals surface area contributed by atoms with Crippen molar-refractivity contribution in [3.8, 4) is 0 Å². The number of amides is 1. The van der Waals surface area contributed by atoms with Gasteiger partial charge in [-0.15, -0.1) is 11.3 Å². The summed E-state index contributed by atoms with van der Waals surface area (Å²) < 4.78 is 2.41. The number of aryl methyl sites for hydroxylation is 2. The van der Waals surface area contributed by atoms with Gasteiger partial charge in [0.2, 0.25) is 0 Å². The number of hydrogen-bond donors (Lipinski definition) is 0. The Kier molecular flexibility index (Phi) is 6.18. The summed E-state index contributed by atoms with van der Waals surface area (Å²) in [4.78, 5) is 36.4. The number of benzene rings is 1. The maximum atomic E-state index is 13.5. The van der Waals surface area contributed by atoms with Crippen LogP contribution >= 0.6 is 22.9 Å². The van der Waals surface area contributed by atoms with Crippen molar-refractivity contribution in [2.24, 2.45) is 0 Å². The van der Waals surface area contributed by atoms with E-state index in [1.54, 1.807) is 10.9 Å². The predicted octanol–water partition coefficient (Wildman–Crippen LogP) is 5.20. The Balaban J connectivity index is 1.38. The number of thiophene rings is 1. The molecule has 1 amide bonds. The second-order valence-corrected chi connectivity index (χ2v) is 10.8. The first kappa shape index (κ1) is 22.4. The molecule has 0 radical (unpaired) electrons. The smallest absolute Gasteiger partial charge is 0.271 e. The summed E-state index contributed by atoms with van der Waals surface area (Å²) in [6, 6.07) is 6.15. The van der Waals surface area contributed by atoms with E-state index in [0.717, 1.165) is 54.4 Å². The quantitative estimate of drug-likeness (QED) is 0.513. The Morgan fingerprint density at radius 3 is 2.55 bits per heavy atom. The third kappa shape index (κ3) is 4.17. The van der Waals surface area contributed by atoms with E-state index in [0.29, 0.717) is 28.9 Å². The number of aromatic nitrogens is 2. The molecule has 2 aromatic heterocycles. The standard InChI is InChI=1S/C25H29ClN4O2S/c1-16-8-9-18(26)14-20(16)28-10-12-29(13-11-28)24(31)21-17(2)33-23-22(21)27-15-30(25(23)32)19-6-4-3-5-7-19/h8-9,14-15,19H,3-7,10-13H2,1-2H3. The van der Waals surface area contributed by atoms with Gasteiger partial charge in [0, 0.05) is 47.8 Å². The lowest BCUT2D eigenvalue weighted by atomic mass is 9.95. The molecule has 33 heavy (non-hydrogen) atoms. The monoisotopic (exact) mass is 484 g/mol. The van der Waals surface area contributed by atoms with Crippen molar-refractivity contribution in [2.75, 3.05) is 31.1 Å². The molecule has 1 aliphatic heterocycles. The van der Waals surface area contributed by atoms with Gasteiger partial charge in [-0.2, -0.15) is 0 Å². The molecule has 0 N–H and O–H groups in total. The van der Waals surface area contributed by atoms with Crippen LogP contribution in [0.1, 0.15) is 58.9 Å². The average Bonchev–Trinajstić information content (AvgIpc) is 3.18. The van der Waals surface area contributed by atoms with Gasteiger partial charge in [0.1, 0.15) is 10.2 Å². The minimum Gasteiger partial charge on any atom is -0.368 e. The van der Waals surface area contributed by atoms with Crippen LogP contribution in [-0.4, -0.2) is 46.5 Å². The number of rotatable bonds is 3. The molecule has 0 spiro atoms. The first-order valence-electron chi connectivity index (χ1n) is 11.7. The Hall–Kier alpha value is -2.38. The third-order valence-corrected chi connectivity index (χ3v) is 8.38.